The molecule has 8 nitrogen and oxygen atoms in total. The smallest absolute Gasteiger partial charge is 0.341 e. The average molecular weight is 348 g/mol. The molecule has 25 heavy (non-hydrogen) atoms. The first-order valence-electron chi connectivity index (χ1n) is 8.24. The number of hydrazine groups is 1. The van der Waals surface area contributed by atoms with Crippen LogP contribution in [0.25, 0.3) is 0 Å². The van der Waals surface area contributed by atoms with Crippen molar-refractivity contribution in [1.29, 1.82) is 0 Å². The summed E-state index contributed by atoms with van der Waals surface area (Å²) < 4.78 is 5.18. The van der Waals surface area contributed by atoms with Crippen LogP contribution in [0.4, 0.5) is 0 Å². The Kier molecular flexibility index (Phi) is 6.91. The van der Waals surface area contributed by atoms with E-state index in [2.05, 4.69) is 35.2 Å². The summed E-state index contributed by atoms with van der Waals surface area (Å²) in [6.45, 7) is 3.74. The van der Waals surface area contributed by atoms with Crippen LogP contribution in [0.3, 0.4) is 0 Å². The van der Waals surface area contributed by atoms with E-state index in [4.69, 9.17) is 9.84 Å². The monoisotopic (exact) mass is 348 g/mol. The third kappa shape index (κ3) is 5.84. The van der Waals surface area contributed by atoms with Crippen molar-refractivity contribution in [1.82, 2.24) is 16.3 Å². The summed E-state index contributed by atoms with van der Waals surface area (Å²) in [7, 11) is 0. The lowest BCUT2D eigenvalue weighted by Gasteiger charge is -2.16. The minimum absolute atomic E-state index is 0.161. The summed E-state index contributed by atoms with van der Waals surface area (Å²) in [6, 6.07) is 7.54. The molecule has 2 atom stereocenters. The van der Waals surface area contributed by atoms with Gasteiger partial charge in [-0.3, -0.25) is 15.6 Å². The second kappa shape index (κ2) is 9.14. The number of carbonyl (C=O) groups excluding carboxylic acids is 1. The number of amides is 1. The number of rotatable bonds is 8. The number of hydrogen-bond donors (Lipinski definition) is 4. The number of carboxylic acid groups (broad SMARTS) is 1. The number of hydrazone groups is 1. The lowest BCUT2D eigenvalue weighted by molar-refractivity contribution is -0.139. The Morgan fingerprint density at radius 1 is 1.28 bits per heavy atom. The van der Waals surface area contributed by atoms with Crippen LogP contribution in [0, 0.1) is 5.92 Å². The van der Waals surface area contributed by atoms with Gasteiger partial charge in [-0.15, -0.1) is 0 Å². The Balaban J connectivity index is 1.82. The zero-order chi connectivity index (χ0) is 18.2. The number of benzene rings is 1. The molecule has 136 valence electrons. The quantitative estimate of drug-likeness (QED) is 0.410. The van der Waals surface area contributed by atoms with Crippen molar-refractivity contribution in [2.24, 2.45) is 11.0 Å². The van der Waals surface area contributed by atoms with E-state index in [-0.39, 0.29) is 5.91 Å². The summed E-state index contributed by atoms with van der Waals surface area (Å²) in [4.78, 5) is 22.5. The van der Waals surface area contributed by atoms with Gasteiger partial charge in [0.25, 0.3) is 0 Å². The average Bonchev–Trinajstić information content (AvgIpc) is 2.90. The molecule has 0 saturated carbocycles. The summed E-state index contributed by atoms with van der Waals surface area (Å²) in [5.74, 6) is -0.431. The normalized spacial score (nSPS) is 22.9. The van der Waals surface area contributed by atoms with E-state index in [0.29, 0.717) is 35.7 Å². The fraction of sp³-hybridized carbons (Fsp3) is 0.471. The van der Waals surface area contributed by atoms with E-state index in [1.807, 2.05) is 0 Å². The fourth-order valence-corrected chi connectivity index (χ4v) is 2.80. The predicted octanol–water partition coefficient (Wildman–Crippen LogP) is 0.881. The number of nitrogens with zero attached hydrogens (tertiary/aromatic N) is 1. The fourth-order valence-electron chi connectivity index (χ4n) is 2.80. The van der Waals surface area contributed by atoms with Gasteiger partial charge in [0, 0.05) is 24.1 Å². The second-order valence-corrected chi connectivity index (χ2v) is 6.08. The number of nitrogens with one attached hydrogen (secondary N) is 3. The molecule has 2 rings (SSSR count). The van der Waals surface area contributed by atoms with E-state index in [0.717, 1.165) is 6.42 Å². The number of carboxylic acids is 1. The molecule has 2 unspecified atom stereocenters. The first-order valence-corrected chi connectivity index (χ1v) is 8.24. The maximum absolute atomic E-state index is 11.9. The van der Waals surface area contributed by atoms with Gasteiger partial charge in [0.05, 0.1) is 6.21 Å². The zero-order valence-corrected chi connectivity index (χ0v) is 14.4. The summed E-state index contributed by atoms with van der Waals surface area (Å²) in [5.41, 5.74) is 9.42. The molecule has 1 aliphatic rings. The Bertz CT molecular complexity index is 625. The van der Waals surface area contributed by atoms with Gasteiger partial charge in [0.2, 0.25) is 5.91 Å². The summed E-state index contributed by atoms with van der Waals surface area (Å²) in [5, 5.41) is 12.6. The number of carbonyl (C=O) groups is 2. The first-order chi connectivity index (χ1) is 12.0. The van der Waals surface area contributed by atoms with Crippen LogP contribution < -0.4 is 21.0 Å². The van der Waals surface area contributed by atoms with Crippen molar-refractivity contribution in [3.63, 3.8) is 0 Å². The molecule has 0 bridgehead atoms. The number of hydrogen-bond acceptors (Lipinski definition) is 6. The van der Waals surface area contributed by atoms with Gasteiger partial charge in [-0.2, -0.15) is 5.10 Å². The van der Waals surface area contributed by atoms with Crippen molar-refractivity contribution in [2.45, 2.75) is 38.8 Å². The molecule has 1 fully saturated rings. The molecule has 4 N–H and O–H groups in total. The van der Waals surface area contributed by atoms with Crippen molar-refractivity contribution in [3.05, 3.63) is 29.8 Å². The molecule has 1 aromatic rings. The standard InChI is InChI=1S/C17H24N4O4/c1-11-14(12(2)20-19-11)7-8-16(22)21-18-9-13-5-3-4-6-15(13)25-10-17(23)24/h3-6,9,11-12,14,19-20H,7-8,10H2,1-2H3,(H,21,22)(H,23,24)/b18-9+. The van der Waals surface area contributed by atoms with Crippen LogP contribution in [-0.4, -0.2) is 41.9 Å². The topological polar surface area (TPSA) is 112 Å². The molecular weight excluding hydrogens is 324 g/mol. The predicted molar refractivity (Wildman–Crippen MR) is 93.2 cm³/mol. The maximum Gasteiger partial charge on any atom is 0.341 e. The van der Waals surface area contributed by atoms with Crippen LogP contribution in [0.1, 0.15) is 32.3 Å². The minimum Gasteiger partial charge on any atom is -0.481 e. The molecule has 0 radical (unpaired) electrons. The molecule has 1 amide bonds. The van der Waals surface area contributed by atoms with Crippen LogP contribution in [0.15, 0.2) is 29.4 Å². The van der Waals surface area contributed by atoms with Gasteiger partial charge in [0.1, 0.15) is 5.75 Å². The van der Waals surface area contributed by atoms with Gasteiger partial charge in [-0.25, -0.2) is 10.2 Å². The molecular formula is C17H24N4O4. The van der Waals surface area contributed by atoms with Crippen LogP contribution in [-0.2, 0) is 9.59 Å². The summed E-state index contributed by atoms with van der Waals surface area (Å²) in [6.07, 6.45) is 2.60. The molecule has 8 heteroatoms. The third-order valence-electron chi connectivity index (χ3n) is 4.19. The highest BCUT2D eigenvalue weighted by molar-refractivity contribution is 5.85. The van der Waals surface area contributed by atoms with Gasteiger partial charge in [0.15, 0.2) is 6.61 Å². The van der Waals surface area contributed by atoms with Crippen molar-refractivity contribution >= 4 is 18.1 Å². The lowest BCUT2D eigenvalue weighted by atomic mass is 9.91. The second-order valence-electron chi connectivity index (χ2n) is 6.08. The third-order valence-corrected chi connectivity index (χ3v) is 4.19. The van der Waals surface area contributed by atoms with E-state index in [1.54, 1.807) is 24.3 Å². The van der Waals surface area contributed by atoms with Crippen molar-refractivity contribution in [3.8, 4) is 5.75 Å². The Morgan fingerprint density at radius 2 is 1.96 bits per heavy atom. The van der Waals surface area contributed by atoms with E-state index in [1.165, 1.54) is 6.21 Å². The SMILES string of the molecule is CC1NNC(C)C1CCC(=O)N/N=C/c1ccccc1OCC(=O)O. The Hall–Kier alpha value is -2.45. The van der Waals surface area contributed by atoms with E-state index in [9.17, 15) is 9.59 Å². The number of aliphatic carboxylic acids is 1. The van der Waals surface area contributed by atoms with Crippen LogP contribution >= 0.6 is 0 Å². The largest absolute Gasteiger partial charge is 0.481 e. The molecule has 0 aliphatic carbocycles. The van der Waals surface area contributed by atoms with Gasteiger partial charge >= 0.3 is 5.97 Å². The Labute approximate surface area is 146 Å². The van der Waals surface area contributed by atoms with Crippen molar-refractivity contribution in [2.75, 3.05) is 6.61 Å². The Morgan fingerprint density at radius 3 is 2.64 bits per heavy atom. The van der Waals surface area contributed by atoms with E-state index < -0.39 is 12.6 Å². The molecule has 1 saturated heterocycles. The van der Waals surface area contributed by atoms with Gasteiger partial charge in [-0.1, -0.05) is 12.1 Å². The molecule has 1 heterocycles. The van der Waals surface area contributed by atoms with Gasteiger partial charge in [-0.05, 0) is 38.3 Å². The van der Waals surface area contributed by atoms with Gasteiger partial charge < -0.3 is 9.84 Å². The number of para-hydroxylation sites is 1. The highest BCUT2D eigenvalue weighted by Crippen LogP contribution is 2.20. The van der Waals surface area contributed by atoms with Crippen LogP contribution in [0.5, 0.6) is 5.75 Å². The highest BCUT2D eigenvalue weighted by atomic mass is 16.5. The first kappa shape index (κ1) is 18.9. The van der Waals surface area contributed by atoms with Crippen LogP contribution in [0.2, 0.25) is 0 Å². The van der Waals surface area contributed by atoms with Crippen molar-refractivity contribution < 1.29 is 19.4 Å². The highest BCUT2D eigenvalue weighted by Gasteiger charge is 2.29. The summed E-state index contributed by atoms with van der Waals surface area (Å²) >= 11 is 0. The maximum atomic E-state index is 11.9. The zero-order valence-electron chi connectivity index (χ0n) is 14.4. The lowest BCUT2D eigenvalue weighted by Crippen LogP contribution is -2.30. The molecule has 0 aromatic heterocycles. The molecule has 1 aliphatic heterocycles. The number of ether oxygens (including phenoxy) is 1. The minimum atomic E-state index is -1.06. The van der Waals surface area contributed by atoms with E-state index >= 15 is 0 Å². The molecule has 0 spiro atoms. The molecule has 1 aromatic carbocycles.